The summed E-state index contributed by atoms with van der Waals surface area (Å²) in [6, 6.07) is 17.6. The van der Waals surface area contributed by atoms with Crippen molar-refractivity contribution in [3.63, 3.8) is 0 Å². The zero-order chi connectivity index (χ0) is 16.6. The largest absolute Gasteiger partial charge is 0.379 e. The van der Waals surface area contributed by atoms with E-state index in [0.717, 1.165) is 49.7 Å². The highest BCUT2D eigenvalue weighted by Crippen LogP contribution is 2.18. The second kappa shape index (κ2) is 8.47. The van der Waals surface area contributed by atoms with Gasteiger partial charge in [-0.3, -0.25) is 4.90 Å². The molecule has 2 N–H and O–H groups in total. The van der Waals surface area contributed by atoms with Gasteiger partial charge in [0.15, 0.2) is 0 Å². The molecule has 0 atom stereocenters. The maximum Gasteiger partial charge on any atom is 0.319 e. The summed E-state index contributed by atoms with van der Waals surface area (Å²) in [5, 5.41) is 5.86. The van der Waals surface area contributed by atoms with Crippen molar-refractivity contribution in [2.45, 2.75) is 13.1 Å². The van der Waals surface area contributed by atoms with Gasteiger partial charge in [0, 0.05) is 31.9 Å². The molecule has 5 heteroatoms. The first-order valence-electron chi connectivity index (χ1n) is 8.28. The maximum atomic E-state index is 12.2. The minimum atomic E-state index is -0.187. The van der Waals surface area contributed by atoms with Crippen LogP contribution in [0.5, 0.6) is 0 Å². The van der Waals surface area contributed by atoms with Gasteiger partial charge in [0.2, 0.25) is 0 Å². The number of benzene rings is 2. The topological polar surface area (TPSA) is 53.6 Å². The minimum absolute atomic E-state index is 0.187. The zero-order valence-corrected chi connectivity index (χ0v) is 13.7. The number of amides is 2. The number of hydrogen-bond donors (Lipinski definition) is 2. The van der Waals surface area contributed by atoms with E-state index in [1.165, 1.54) is 0 Å². The van der Waals surface area contributed by atoms with E-state index < -0.39 is 0 Å². The van der Waals surface area contributed by atoms with E-state index in [9.17, 15) is 4.79 Å². The number of carbonyl (C=O) groups is 1. The molecule has 126 valence electrons. The first-order valence-corrected chi connectivity index (χ1v) is 8.28. The lowest BCUT2D eigenvalue weighted by molar-refractivity contribution is 0.0343. The van der Waals surface area contributed by atoms with Gasteiger partial charge in [0.05, 0.1) is 13.2 Å². The molecule has 0 aromatic heterocycles. The van der Waals surface area contributed by atoms with E-state index in [2.05, 4.69) is 21.6 Å². The summed E-state index contributed by atoms with van der Waals surface area (Å²) in [6.45, 7) is 4.72. The summed E-state index contributed by atoms with van der Waals surface area (Å²) in [6.07, 6.45) is 0. The maximum absolute atomic E-state index is 12.2. The summed E-state index contributed by atoms with van der Waals surface area (Å²) in [5.74, 6) is 0. The Kier molecular flexibility index (Phi) is 5.82. The number of morpholine rings is 1. The van der Waals surface area contributed by atoms with Gasteiger partial charge in [-0.05, 0) is 17.2 Å². The van der Waals surface area contributed by atoms with Crippen LogP contribution in [0.2, 0.25) is 0 Å². The van der Waals surface area contributed by atoms with Gasteiger partial charge in [0.25, 0.3) is 0 Å². The molecule has 2 aromatic carbocycles. The lowest BCUT2D eigenvalue weighted by atomic mass is 10.1. The Labute approximate surface area is 142 Å². The molecule has 2 amide bonds. The lowest BCUT2D eigenvalue weighted by Crippen LogP contribution is -2.36. The number of para-hydroxylation sites is 1. The second-order valence-corrected chi connectivity index (χ2v) is 5.84. The van der Waals surface area contributed by atoms with Gasteiger partial charge in [-0.15, -0.1) is 0 Å². The molecule has 1 aliphatic heterocycles. The van der Waals surface area contributed by atoms with Gasteiger partial charge in [-0.1, -0.05) is 48.5 Å². The number of hydrogen-bond acceptors (Lipinski definition) is 3. The van der Waals surface area contributed by atoms with Crippen LogP contribution >= 0.6 is 0 Å². The third-order valence-electron chi connectivity index (χ3n) is 4.06. The van der Waals surface area contributed by atoms with E-state index in [-0.39, 0.29) is 6.03 Å². The normalized spacial score (nSPS) is 15.0. The number of carbonyl (C=O) groups excluding carboxylic acids is 1. The summed E-state index contributed by atoms with van der Waals surface area (Å²) >= 11 is 0. The van der Waals surface area contributed by atoms with Crippen molar-refractivity contribution < 1.29 is 9.53 Å². The average molecular weight is 325 g/mol. The molecule has 0 bridgehead atoms. The number of rotatable bonds is 5. The van der Waals surface area contributed by atoms with E-state index in [0.29, 0.717) is 6.54 Å². The molecule has 0 aliphatic carbocycles. The number of ether oxygens (including phenoxy) is 1. The van der Waals surface area contributed by atoms with Crippen LogP contribution in [-0.4, -0.2) is 37.2 Å². The van der Waals surface area contributed by atoms with Crippen molar-refractivity contribution >= 4 is 11.7 Å². The molecule has 0 radical (unpaired) electrons. The highest BCUT2D eigenvalue weighted by Gasteiger charge is 2.13. The highest BCUT2D eigenvalue weighted by atomic mass is 16.5. The quantitative estimate of drug-likeness (QED) is 0.889. The number of nitrogens with one attached hydrogen (secondary N) is 2. The molecular weight excluding hydrogens is 302 g/mol. The first-order chi connectivity index (χ1) is 11.8. The van der Waals surface area contributed by atoms with Gasteiger partial charge in [-0.25, -0.2) is 4.79 Å². The van der Waals surface area contributed by atoms with E-state index >= 15 is 0 Å². The standard InChI is InChI=1S/C19H23N3O2/c23-19(20-14-16-6-2-1-3-7-16)21-18-9-5-4-8-17(18)15-22-10-12-24-13-11-22/h1-9H,10-15H2,(H2,20,21,23). The molecule has 1 heterocycles. The summed E-state index contributed by atoms with van der Waals surface area (Å²) in [7, 11) is 0. The number of anilines is 1. The molecule has 3 rings (SSSR count). The van der Waals surface area contributed by atoms with E-state index in [4.69, 9.17) is 4.74 Å². The Morgan fingerprint density at radius 1 is 1.00 bits per heavy atom. The summed E-state index contributed by atoms with van der Waals surface area (Å²) in [5.41, 5.74) is 3.05. The molecule has 1 aliphatic rings. The first kappa shape index (κ1) is 16.5. The van der Waals surface area contributed by atoms with Crippen molar-refractivity contribution in [1.82, 2.24) is 10.2 Å². The molecule has 1 fully saturated rings. The summed E-state index contributed by atoms with van der Waals surface area (Å²) in [4.78, 5) is 14.5. The fraction of sp³-hybridized carbons (Fsp3) is 0.316. The van der Waals surface area contributed by atoms with E-state index in [1.807, 2.05) is 48.5 Å². The van der Waals surface area contributed by atoms with Crippen LogP contribution in [0.3, 0.4) is 0 Å². The minimum Gasteiger partial charge on any atom is -0.379 e. The second-order valence-electron chi connectivity index (χ2n) is 5.84. The lowest BCUT2D eigenvalue weighted by Gasteiger charge is -2.27. The van der Waals surface area contributed by atoms with Crippen LogP contribution in [0.25, 0.3) is 0 Å². The Morgan fingerprint density at radius 3 is 2.50 bits per heavy atom. The fourth-order valence-electron chi connectivity index (χ4n) is 2.73. The molecule has 2 aromatic rings. The highest BCUT2D eigenvalue weighted by molar-refractivity contribution is 5.90. The van der Waals surface area contributed by atoms with Crippen molar-refractivity contribution in [1.29, 1.82) is 0 Å². The monoisotopic (exact) mass is 325 g/mol. The van der Waals surface area contributed by atoms with Gasteiger partial charge < -0.3 is 15.4 Å². The Hall–Kier alpha value is -2.37. The smallest absolute Gasteiger partial charge is 0.319 e. The molecule has 0 saturated carbocycles. The predicted molar refractivity (Wildman–Crippen MR) is 94.8 cm³/mol. The van der Waals surface area contributed by atoms with E-state index in [1.54, 1.807) is 0 Å². The van der Waals surface area contributed by atoms with Crippen molar-refractivity contribution in [3.05, 3.63) is 65.7 Å². The van der Waals surface area contributed by atoms with Crippen molar-refractivity contribution in [2.75, 3.05) is 31.6 Å². The SMILES string of the molecule is O=C(NCc1ccccc1)Nc1ccccc1CN1CCOCC1. The molecule has 0 spiro atoms. The van der Waals surface area contributed by atoms with Crippen LogP contribution in [0.15, 0.2) is 54.6 Å². The number of urea groups is 1. The Morgan fingerprint density at radius 2 is 1.71 bits per heavy atom. The van der Waals surface area contributed by atoms with Gasteiger partial charge in [0.1, 0.15) is 0 Å². The molecule has 24 heavy (non-hydrogen) atoms. The third-order valence-corrected chi connectivity index (χ3v) is 4.06. The van der Waals surface area contributed by atoms with Crippen molar-refractivity contribution in [2.24, 2.45) is 0 Å². The van der Waals surface area contributed by atoms with Crippen LogP contribution in [0, 0.1) is 0 Å². The van der Waals surface area contributed by atoms with Gasteiger partial charge in [-0.2, -0.15) is 0 Å². The Bertz CT molecular complexity index is 655. The van der Waals surface area contributed by atoms with Crippen LogP contribution in [0.4, 0.5) is 10.5 Å². The Balaban J connectivity index is 1.56. The van der Waals surface area contributed by atoms with Crippen LogP contribution in [0.1, 0.15) is 11.1 Å². The molecule has 1 saturated heterocycles. The molecule has 0 unspecified atom stereocenters. The molecular formula is C19H23N3O2. The van der Waals surface area contributed by atoms with Crippen LogP contribution in [-0.2, 0) is 17.8 Å². The predicted octanol–water partition coefficient (Wildman–Crippen LogP) is 2.84. The van der Waals surface area contributed by atoms with Crippen LogP contribution < -0.4 is 10.6 Å². The summed E-state index contributed by atoms with van der Waals surface area (Å²) < 4.78 is 5.38. The molecule has 5 nitrogen and oxygen atoms in total. The van der Waals surface area contributed by atoms with Crippen molar-refractivity contribution in [3.8, 4) is 0 Å². The zero-order valence-electron chi connectivity index (χ0n) is 13.7. The average Bonchev–Trinajstić information content (AvgIpc) is 2.63. The van der Waals surface area contributed by atoms with Gasteiger partial charge >= 0.3 is 6.03 Å². The number of nitrogens with zero attached hydrogens (tertiary/aromatic N) is 1. The fourth-order valence-corrected chi connectivity index (χ4v) is 2.73. The third kappa shape index (κ3) is 4.81.